The second-order valence-corrected chi connectivity index (χ2v) is 7.68. The molecule has 0 saturated carbocycles. The first-order valence-electron chi connectivity index (χ1n) is 9.35. The lowest BCUT2D eigenvalue weighted by atomic mass is 10.3. The first-order chi connectivity index (χ1) is 14.0. The molecular formula is C19H26N8OS. The molecule has 0 aliphatic heterocycles. The highest BCUT2D eigenvalue weighted by Crippen LogP contribution is 2.17. The number of hydrogen-bond donors (Lipinski definition) is 2. The molecule has 3 aromatic rings. The number of nitrogens with two attached hydrogens (primary N) is 1. The number of amides is 1. The summed E-state index contributed by atoms with van der Waals surface area (Å²) in [6.45, 7) is 5.30. The highest BCUT2D eigenvalue weighted by molar-refractivity contribution is 7.99. The molecule has 0 saturated heterocycles. The van der Waals surface area contributed by atoms with E-state index in [1.54, 1.807) is 4.68 Å². The van der Waals surface area contributed by atoms with Crippen molar-refractivity contribution < 1.29 is 4.79 Å². The number of rotatable bonds is 9. The van der Waals surface area contributed by atoms with Gasteiger partial charge in [0.15, 0.2) is 0 Å². The number of aryl methyl sites for hydroxylation is 2. The zero-order valence-corrected chi connectivity index (χ0v) is 17.7. The van der Waals surface area contributed by atoms with Gasteiger partial charge in [-0.25, -0.2) is 9.36 Å². The smallest absolute Gasteiger partial charge is 0.271 e. The lowest BCUT2D eigenvalue weighted by molar-refractivity contribution is -0.118. The SMILES string of the molecule is Cc1cc(C)n(-c2nnc(SCC(=O)NCCCN(C)c3ccccc3)n2N)n1. The molecule has 0 bridgehead atoms. The molecule has 0 atom stereocenters. The second kappa shape index (κ2) is 9.46. The summed E-state index contributed by atoms with van der Waals surface area (Å²) in [5.74, 6) is 6.66. The zero-order chi connectivity index (χ0) is 20.8. The Kier molecular flexibility index (Phi) is 6.76. The van der Waals surface area contributed by atoms with Crippen molar-refractivity contribution in [2.45, 2.75) is 25.4 Å². The van der Waals surface area contributed by atoms with Crippen molar-refractivity contribution in [2.24, 2.45) is 0 Å². The summed E-state index contributed by atoms with van der Waals surface area (Å²) in [6.07, 6.45) is 0.858. The fraction of sp³-hybridized carbons (Fsp3) is 0.368. The molecule has 0 spiro atoms. The average molecular weight is 415 g/mol. The highest BCUT2D eigenvalue weighted by Gasteiger charge is 2.16. The molecule has 1 aromatic carbocycles. The first-order valence-corrected chi connectivity index (χ1v) is 10.3. The molecule has 10 heteroatoms. The van der Waals surface area contributed by atoms with Crippen LogP contribution in [0.25, 0.3) is 5.95 Å². The van der Waals surface area contributed by atoms with Gasteiger partial charge in [0.05, 0.1) is 11.4 Å². The van der Waals surface area contributed by atoms with Gasteiger partial charge in [-0.1, -0.05) is 30.0 Å². The van der Waals surface area contributed by atoms with Gasteiger partial charge in [-0.05, 0) is 38.5 Å². The molecule has 154 valence electrons. The van der Waals surface area contributed by atoms with Crippen LogP contribution in [0.5, 0.6) is 0 Å². The van der Waals surface area contributed by atoms with Crippen LogP contribution in [-0.4, -0.2) is 56.5 Å². The van der Waals surface area contributed by atoms with Crippen LogP contribution in [0.4, 0.5) is 5.69 Å². The zero-order valence-electron chi connectivity index (χ0n) is 16.9. The molecule has 0 fully saturated rings. The van der Waals surface area contributed by atoms with Gasteiger partial charge in [0.1, 0.15) is 0 Å². The van der Waals surface area contributed by atoms with E-state index in [0.29, 0.717) is 17.6 Å². The Labute approximate surface area is 174 Å². The number of benzene rings is 1. The average Bonchev–Trinajstić information content (AvgIpc) is 3.24. The maximum atomic E-state index is 12.1. The van der Waals surface area contributed by atoms with Gasteiger partial charge in [0.25, 0.3) is 5.95 Å². The molecular weight excluding hydrogens is 388 g/mol. The van der Waals surface area contributed by atoms with E-state index < -0.39 is 0 Å². The molecule has 2 aromatic heterocycles. The molecule has 9 nitrogen and oxygen atoms in total. The first kappa shape index (κ1) is 20.7. The van der Waals surface area contributed by atoms with E-state index in [-0.39, 0.29) is 11.7 Å². The van der Waals surface area contributed by atoms with Crippen molar-refractivity contribution in [3.8, 4) is 5.95 Å². The van der Waals surface area contributed by atoms with Crippen molar-refractivity contribution in [3.05, 3.63) is 47.8 Å². The van der Waals surface area contributed by atoms with Crippen LogP contribution < -0.4 is 16.1 Å². The number of nitrogens with one attached hydrogen (secondary N) is 1. The van der Waals surface area contributed by atoms with Crippen LogP contribution in [0.1, 0.15) is 17.8 Å². The van der Waals surface area contributed by atoms with Crippen LogP contribution in [0.3, 0.4) is 0 Å². The van der Waals surface area contributed by atoms with Crippen LogP contribution >= 0.6 is 11.8 Å². The molecule has 3 rings (SSSR count). The van der Waals surface area contributed by atoms with Crippen molar-refractivity contribution in [1.82, 2.24) is 30.0 Å². The third-order valence-corrected chi connectivity index (χ3v) is 5.31. The van der Waals surface area contributed by atoms with Gasteiger partial charge in [0.2, 0.25) is 11.1 Å². The van der Waals surface area contributed by atoms with Crippen LogP contribution in [0.15, 0.2) is 41.6 Å². The Morgan fingerprint density at radius 1 is 1.24 bits per heavy atom. The van der Waals surface area contributed by atoms with E-state index in [1.807, 2.05) is 45.2 Å². The van der Waals surface area contributed by atoms with Crippen molar-refractivity contribution >= 4 is 23.4 Å². The Hall–Kier alpha value is -3.01. The molecule has 0 aliphatic carbocycles. The molecule has 0 radical (unpaired) electrons. The Balaban J connectivity index is 1.42. The summed E-state index contributed by atoms with van der Waals surface area (Å²) >= 11 is 1.25. The number of thioether (sulfide) groups is 1. The summed E-state index contributed by atoms with van der Waals surface area (Å²) in [5, 5.41) is 15.9. The Morgan fingerprint density at radius 3 is 2.69 bits per heavy atom. The van der Waals surface area contributed by atoms with Crippen molar-refractivity contribution in [1.29, 1.82) is 0 Å². The van der Waals surface area contributed by atoms with E-state index in [0.717, 1.165) is 30.0 Å². The lowest BCUT2D eigenvalue weighted by Gasteiger charge is -2.19. The van der Waals surface area contributed by atoms with Gasteiger partial charge in [0, 0.05) is 31.5 Å². The van der Waals surface area contributed by atoms with Crippen molar-refractivity contribution in [2.75, 3.05) is 36.6 Å². The molecule has 29 heavy (non-hydrogen) atoms. The normalized spacial score (nSPS) is 10.9. The van der Waals surface area contributed by atoms with E-state index in [9.17, 15) is 4.79 Å². The summed E-state index contributed by atoms with van der Waals surface area (Å²) < 4.78 is 2.99. The lowest BCUT2D eigenvalue weighted by Crippen LogP contribution is -2.29. The Bertz CT molecular complexity index is 953. The predicted octanol–water partition coefficient (Wildman–Crippen LogP) is 1.53. The van der Waals surface area contributed by atoms with E-state index in [1.165, 1.54) is 16.4 Å². The maximum Gasteiger partial charge on any atom is 0.271 e. The molecule has 1 amide bonds. The van der Waals surface area contributed by atoms with Crippen molar-refractivity contribution in [3.63, 3.8) is 0 Å². The second-order valence-electron chi connectivity index (χ2n) is 6.74. The number of carbonyl (C=O) groups is 1. The number of hydrogen-bond acceptors (Lipinski definition) is 7. The standard InChI is InChI=1S/C19H26N8OS/c1-14-12-15(2)27(24-14)18-22-23-19(26(18)20)29-13-17(28)21-10-7-11-25(3)16-8-5-4-6-9-16/h4-6,8-9,12H,7,10-11,13,20H2,1-3H3,(H,21,28). The number of anilines is 1. The minimum absolute atomic E-state index is 0.0620. The molecule has 3 N–H and O–H groups in total. The monoisotopic (exact) mass is 414 g/mol. The quantitative estimate of drug-likeness (QED) is 0.311. The number of para-hydroxylation sites is 1. The number of carbonyl (C=O) groups excluding carboxylic acids is 1. The van der Waals surface area contributed by atoms with Gasteiger partial charge >= 0.3 is 0 Å². The predicted molar refractivity (Wildman–Crippen MR) is 115 cm³/mol. The summed E-state index contributed by atoms with van der Waals surface area (Å²) in [7, 11) is 2.04. The third kappa shape index (κ3) is 5.29. The minimum Gasteiger partial charge on any atom is -0.375 e. The third-order valence-electron chi connectivity index (χ3n) is 4.37. The topological polar surface area (TPSA) is 107 Å². The fourth-order valence-electron chi connectivity index (χ4n) is 2.88. The van der Waals surface area contributed by atoms with Crippen LogP contribution in [0, 0.1) is 13.8 Å². The number of nitrogen functional groups attached to an aromatic ring is 1. The van der Waals surface area contributed by atoms with E-state index in [4.69, 9.17) is 5.84 Å². The van der Waals surface area contributed by atoms with E-state index >= 15 is 0 Å². The molecule has 0 aliphatic rings. The van der Waals surface area contributed by atoms with Crippen LogP contribution in [-0.2, 0) is 4.79 Å². The number of nitrogens with zero attached hydrogens (tertiary/aromatic N) is 6. The highest BCUT2D eigenvalue weighted by atomic mass is 32.2. The largest absolute Gasteiger partial charge is 0.375 e. The summed E-state index contributed by atoms with van der Waals surface area (Å²) in [6, 6.07) is 12.1. The van der Waals surface area contributed by atoms with Crippen LogP contribution in [0.2, 0.25) is 0 Å². The van der Waals surface area contributed by atoms with Gasteiger partial charge in [-0.15, -0.1) is 10.2 Å². The summed E-state index contributed by atoms with van der Waals surface area (Å²) in [5.41, 5.74) is 2.95. The minimum atomic E-state index is -0.0620. The fourth-order valence-corrected chi connectivity index (χ4v) is 3.56. The van der Waals surface area contributed by atoms with Gasteiger partial charge in [-0.2, -0.15) is 5.10 Å². The summed E-state index contributed by atoms with van der Waals surface area (Å²) in [4.78, 5) is 14.3. The van der Waals surface area contributed by atoms with Gasteiger partial charge < -0.3 is 16.1 Å². The molecule has 0 unspecified atom stereocenters. The van der Waals surface area contributed by atoms with Gasteiger partial charge in [-0.3, -0.25) is 4.79 Å². The van der Waals surface area contributed by atoms with E-state index in [2.05, 4.69) is 37.6 Å². The molecule has 2 heterocycles. The Morgan fingerprint density at radius 2 is 2.00 bits per heavy atom. The number of aromatic nitrogens is 5. The maximum absolute atomic E-state index is 12.1.